The lowest BCUT2D eigenvalue weighted by Gasteiger charge is -2.18. The summed E-state index contributed by atoms with van der Waals surface area (Å²) < 4.78 is 10.6. The van der Waals surface area contributed by atoms with Gasteiger partial charge in [0.25, 0.3) is 0 Å². The van der Waals surface area contributed by atoms with Crippen LogP contribution in [0.25, 0.3) is 0 Å². The molecule has 0 saturated carbocycles. The van der Waals surface area contributed by atoms with Crippen LogP contribution in [0.3, 0.4) is 0 Å². The van der Waals surface area contributed by atoms with Crippen molar-refractivity contribution in [2.45, 2.75) is 19.8 Å². The highest BCUT2D eigenvalue weighted by molar-refractivity contribution is 6.03. The third-order valence-electron chi connectivity index (χ3n) is 2.94. The molecule has 1 aromatic carbocycles. The predicted molar refractivity (Wildman–Crippen MR) is 72.2 cm³/mol. The zero-order valence-corrected chi connectivity index (χ0v) is 11.3. The topological polar surface area (TPSA) is 30.8 Å². The third kappa shape index (κ3) is 2.55. The van der Waals surface area contributed by atoms with Crippen molar-refractivity contribution in [1.29, 1.82) is 0 Å². The van der Waals surface area contributed by atoms with Crippen molar-refractivity contribution in [2.24, 2.45) is 4.99 Å². The molecule has 0 fully saturated rings. The van der Waals surface area contributed by atoms with E-state index in [1.807, 2.05) is 6.07 Å². The Hall–Kier alpha value is -1.22. The maximum atomic E-state index is 5.32. The number of benzene rings is 1. The van der Waals surface area contributed by atoms with Crippen LogP contribution in [0.15, 0.2) is 17.1 Å². The summed E-state index contributed by atoms with van der Waals surface area (Å²) in [5.41, 5.74) is 3.69. The molecule has 0 aromatic heterocycles. The Morgan fingerprint density at radius 1 is 1.18 bits per heavy atom. The van der Waals surface area contributed by atoms with E-state index in [0.717, 1.165) is 30.9 Å². The Morgan fingerprint density at radius 3 is 2.41 bits per heavy atom. The Kier molecular flexibility index (Phi) is 4.82. The van der Waals surface area contributed by atoms with E-state index in [9.17, 15) is 0 Å². The number of hydrogen-bond donors (Lipinski definition) is 0. The zero-order chi connectivity index (χ0) is 11.5. The Labute approximate surface area is 108 Å². The molecule has 17 heavy (non-hydrogen) atoms. The lowest BCUT2D eigenvalue weighted by Crippen LogP contribution is -2.12. The van der Waals surface area contributed by atoms with Crippen LogP contribution in [0, 0.1) is 0 Å². The average Bonchev–Trinajstić information content (AvgIpc) is 2.36. The van der Waals surface area contributed by atoms with Crippen LogP contribution >= 0.6 is 12.4 Å². The lowest BCUT2D eigenvalue weighted by molar-refractivity contribution is 0.354. The molecule has 0 unspecified atom stereocenters. The van der Waals surface area contributed by atoms with Gasteiger partial charge in [-0.3, -0.25) is 4.99 Å². The van der Waals surface area contributed by atoms with E-state index in [4.69, 9.17) is 9.47 Å². The number of ether oxygens (including phenoxy) is 2. The molecule has 94 valence electrons. The minimum atomic E-state index is 0. The molecule has 0 bridgehead atoms. The van der Waals surface area contributed by atoms with E-state index in [2.05, 4.69) is 18.0 Å². The number of methoxy groups -OCH3 is 2. The smallest absolute Gasteiger partial charge is 0.161 e. The van der Waals surface area contributed by atoms with Gasteiger partial charge in [-0.25, -0.2) is 0 Å². The van der Waals surface area contributed by atoms with Crippen LogP contribution in [0.5, 0.6) is 11.5 Å². The minimum absolute atomic E-state index is 0. The molecule has 0 N–H and O–H groups in total. The van der Waals surface area contributed by atoms with Crippen LogP contribution < -0.4 is 9.47 Å². The number of hydrogen-bond acceptors (Lipinski definition) is 3. The number of halogens is 1. The van der Waals surface area contributed by atoms with E-state index in [1.54, 1.807) is 14.2 Å². The van der Waals surface area contributed by atoms with Gasteiger partial charge < -0.3 is 9.47 Å². The molecular weight excluding hydrogens is 238 g/mol. The minimum Gasteiger partial charge on any atom is -0.493 e. The monoisotopic (exact) mass is 255 g/mol. The number of aliphatic imine (C=N–C) groups is 1. The van der Waals surface area contributed by atoms with Crippen LogP contribution in [-0.4, -0.2) is 26.5 Å². The summed E-state index contributed by atoms with van der Waals surface area (Å²) in [4.78, 5) is 4.54. The molecule has 4 heteroatoms. The Balaban J connectivity index is 0.00000144. The van der Waals surface area contributed by atoms with Gasteiger partial charge in [-0.2, -0.15) is 0 Å². The van der Waals surface area contributed by atoms with Gasteiger partial charge in [0.05, 0.1) is 14.2 Å². The summed E-state index contributed by atoms with van der Waals surface area (Å²) in [6.45, 7) is 3.01. The molecule has 3 nitrogen and oxygen atoms in total. The molecule has 1 aromatic rings. The summed E-state index contributed by atoms with van der Waals surface area (Å²) in [6.07, 6.45) is 1.95. The standard InChI is InChI=1S/C13H17NO2.ClH/c1-4-11-10-8-13(16-3)12(15-2)7-9(10)5-6-14-11;/h7-8H,4-6H2,1-3H3;1H. The van der Waals surface area contributed by atoms with Crippen molar-refractivity contribution in [2.75, 3.05) is 20.8 Å². The molecule has 2 rings (SSSR count). The highest BCUT2D eigenvalue weighted by Crippen LogP contribution is 2.32. The van der Waals surface area contributed by atoms with Crippen molar-refractivity contribution >= 4 is 18.1 Å². The van der Waals surface area contributed by atoms with Gasteiger partial charge in [0.15, 0.2) is 11.5 Å². The van der Waals surface area contributed by atoms with Crippen molar-refractivity contribution < 1.29 is 9.47 Å². The van der Waals surface area contributed by atoms with E-state index in [-0.39, 0.29) is 12.4 Å². The third-order valence-corrected chi connectivity index (χ3v) is 2.94. The second-order valence-electron chi connectivity index (χ2n) is 3.80. The summed E-state index contributed by atoms with van der Waals surface area (Å²) in [5, 5.41) is 0. The number of rotatable bonds is 3. The van der Waals surface area contributed by atoms with Gasteiger partial charge in [-0.05, 0) is 30.5 Å². The van der Waals surface area contributed by atoms with Crippen LogP contribution in [0.1, 0.15) is 24.5 Å². The highest BCUT2D eigenvalue weighted by Gasteiger charge is 2.16. The Morgan fingerprint density at radius 2 is 1.82 bits per heavy atom. The highest BCUT2D eigenvalue weighted by atomic mass is 35.5. The fraction of sp³-hybridized carbons (Fsp3) is 0.462. The molecule has 0 amide bonds. The lowest BCUT2D eigenvalue weighted by atomic mass is 9.95. The summed E-state index contributed by atoms with van der Waals surface area (Å²) in [7, 11) is 3.33. The van der Waals surface area contributed by atoms with Gasteiger partial charge >= 0.3 is 0 Å². The molecule has 0 saturated heterocycles. The Bertz CT molecular complexity index is 430. The second-order valence-corrected chi connectivity index (χ2v) is 3.80. The van der Waals surface area contributed by atoms with Crippen molar-refractivity contribution in [3.63, 3.8) is 0 Å². The normalized spacial score (nSPS) is 13.2. The molecule has 0 spiro atoms. The molecule has 0 atom stereocenters. The number of fused-ring (bicyclic) bond motifs is 1. The van der Waals surface area contributed by atoms with E-state index < -0.39 is 0 Å². The molecule has 1 aliphatic heterocycles. The first-order chi connectivity index (χ1) is 7.80. The maximum Gasteiger partial charge on any atom is 0.161 e. The van der Waals surface area contributed by atoms with Gasteiger partial charge in [0, 0.05) is 17.8 Å². The molecule has 1 aliphatic rings. The zero-order valence-electron chi connectivity index (χ0n) is 10.4. The van der Waals surface area contributed by atoms with Crippen molar-refractivity contribution in [3.8, 4) is 11.5 Å². The molecule has 0 aliphatic carbocycles. The summed E-state index contributed by atoms with van der Waals surface area (Å²) in [5.74, 6) is 1.59. The van der Waals surface area contributed by atoms with Gasteiger partial charge in [0.2, 0.25) is 0 Å². The van der Waals surface area contributed by atoms with Crippen LogP contribution in [0.4, 0.5) is 0 Å². The first-order valence-corrected chi connectivity index (χ1v) is 5.58. The van der Waals surface area contributed by atoms with Crippen LogP contribution in [0.2, 0.25) is 0 Å². The first kappa shape index (κ1) is 13.8. The number of nitrogens with zero attached hydrogens (tertiary/aromatic N) is 1. The van der Waals surface area contributed by atoms with E-state index in [0.29, 0.717) is 0 Å². The van der Waals surface area contributed by atoms with Crippen molar-refractivity contribution in [3.05, 3.63) is 23.3 Å². The SMILES string of the molecule is CCC1=NCCc2cc(OC)c(OC)cc21.Cl. The van der Waals surface area contributed by atoms with Crippen molar-refractivity contribution in [1.82, 2.24) is 0 Å². The van der Waals surface area contributed by atoms with Gasteiger partial charge in [-0.1, -0.05) is 6.92 Å². The molecule has 1 heterocycles. The van der Waals surface area contributed by atoms with Crippen LogP contribution in [-0.2, 0) is 6.42 Å². The summed E-state index contributed by atoms with van der Waals surface area (Å²) in [6, 6.07) is 4.11. The van der Waals surface area contributed by atoms with Gasteiger partial charge in [0.1, 0.15) is 0 Å². The fourth-order valence-corrected chi connectivity index (χ4v) is 2.10. The molecule has 0 radical (unpaired) electrons. The predicted octanol–water partition coefficient (Wildman–Crippen LogP) is 2.88. The second kappa shape index (κ2) is 5.92. The quantitative estimate of drug-likeness (QED) is 0.832. The fourth-order valence-electron chi connectivity index (χ4n) is 2.10. The maximum absolute atomic E-state index is 5.32. The largest absolute Gasteiger partial charge is 0.493 e. The molecular formula is C13H18ClNO2. The average molecular weight is 256 g/mol. The summed E-state index contributed by atoms with van der Waals surface area (Å²) >= 11 is 0. The van der Waals surface area contributed by atoms with E-state index in [1.165, 1.54) is 16.8 Å². The first-order valence-electron chi connectivity index (χ1n) is 5.58. The van der Waals surface area contributed by atoms with Gasteiger partial charge in [-0.15, -0.1) is 12.4 Å². The van der Waals surface area contributed by atoms with E-state index >= 15 is 0 Å².